The van der Waals surface area contributed by atoms with Gasteiger partial charge in [-0.3, -0.25) is 4.79 Å². The van der Waals surface area contributed by atoms with Gasteiger partial charge in [-0.2, -0.15) is 18.2 Å². The van der Waals surface area contributed by atoms with Crippen LogP contribution in [0.15, 0.2) is 28.8 Å². The Kier molecular flexibility index (Phi) is 4.76. The average Bonchev–Trinajstić information content (AvgIpc) is 3.03. The molecular formula is C16H18F3N4O2+. The van der Waals surface area contributed by atoms with Crippen molar-refractivity contribution >= 4 is 5.91 Å². The quantitative estimate of drug-likeness (QED) is 0.894. The Morgan fingerprint density at radius 1 is 1.44 bits per heavy atom. The highest BCUT2D eigenvalue weighted by Gasteiger charge is 2.31. The summed E-state index contributed by atoms with van der Waals surface area (Å²) in [4.78, 5) is 18.1. The zero-order valence-corrected chi connectivity index (χ0v) is 13.6. The summed E-state index contributed by atoms with van der Waals surface area (Å²) in [5, 5.41) is 5.89. The van der Waals surface area contributed by atoms with E-state index < -0.39 is 11.7 Å². The predicted octanol–water partition coefficient (Wildman–Crippen LogP) is 1.09. The van der Waals surface area contributed by atoms with E-state index in [-0.39, 0.29) is 29.6 Å². The summed E-state index contributed by atoms with van der Waals surface area (Å²) >= 11 is 0. The van der Waals surface area contributed by atoms with E-state index in [2.05, 4.69) is 15.5 Å². The van der Waals surface area contributed by atoms with Crippen LogP contribution in [0.1, 0.15) is 18.3 Å². The Labute approximate surface area is 142 Å². The van der Waals surface area contributed by atoms with E-state index in [1.165, 1.54) is 12.1 Å². The van der Waals surface area contributed by atoms with Gasteiger partial charge >= 0.3 is 6.18 Å². The van der Waals surface area contributed by atoms with Crippen LogP contribution in [0, 0.1) is 0 Å². The van der Waals surface area contributed by atoms with Gasteiger partial charge in [0, 0.05) is 5.56 Å². The highest BCUT2D eigenvalue weighted by Crippen LogP contribution is 2.31. The number of benzene rings is 1. The number of piperazine rings is 1. The molecule has 25 heavy (non-hydrogen) atoms. The molecule has 1 saturated heterocycles. The van der Waals surface area contributed by atoms with E-state index in [9.17, 15) is 18.0 Å². The molecule has 1 aromatic carbocycles. The molecule has 9 heteroatoms. The van der Waals surface area contributed by atoms with Crippen LogP contribution in [0.25, 0.3) is 11.5 Å². The van der Waals surface area contributed by atoms with Crippen LogP contribution >= 0.6 is 0 Å². The second kappa shape index (κ2) is 6.83. The lowest BCUT2D eigenvalue weighted by Crippen LogP contribution is -2.94. The molecule has 1 aromatic heterocycles. The number of quaternary nitrogens is 1. The molecule has 1 aliphatic heterocycles. The van der Waals surface area contributed by atoms with Crippen molar-refractivity contribution in [2.45, 2.75) is 25.6 Å². The third-order valence-corrected chi connectivity index (χ3v) is 4.04. The van der Waals surface area contributed by atoms with Crippen molar-refractivity contribution in [3.63, 3.8) is 0 Å². The fourth-order valence-electron chi connectivity index (χ4n) is 2.77. The summed E-state index contributed by atoms with van der Waals surface area (Å²) in [7, 11) is 0. The monoisotopic (exact) mass is 355 g/mol. The van der Waals surface area contributed by atoms with Gasteiger partial charge in [-0.25, -0.2) is 0 Å². The molecule has 1 aliphatic rings. The van der Waals surface area contributed by atoms with Gasteiger partial charge in [0.25, 0.3) is 5.89 Å². The Bertz CT molecular complexity index is 760. The van der Waals surface area contributed by atoms with Crippen molar-refractivity contribution in [3.05, 3.63) is 35.7 Å². The van der Waals surface area contributed by atoms with E-state index in [0.717, 1.165) is 18.7 Å². The number of carbonyl (C=O) groups is 1. The fraction of sp³-hybridized carbons (Fsp3) is 0.438. The lowest BCUT2D eigenvalue weighted by molar-refractivity contribution is -0.693. The minimum atomic E-state index is -4.45. The number of hydrogen-bond donors (Lipinski definition) is 1. The topological polar surface area (TPSA) is 75.8 Å². The standard InChI is InChI=1S/C16H17F3N4O2/c1-10-9-23(6-5-20-10)14(24)8-13-21-15(25-22-13)11-3-2-4-12(7-11)16(17,18)19/h2-4,7,10,20H,5-6,8-9H2,1H3/p+1/t10-/m1/s1. The van der Waals surface area contributed by atoms with Crippen LogP contribution in [0.5, 0.6) is 0 Å². The predicted molar refractivity (Wildman–Crippen MR) is 81.3 cm³/mol. The molecule has 6 nitrogen and oxygen atoms in total. The van der Waals surface area contributed by atoms with Crippen molar-refractivity contribution in [2.75, 3.05) is 19.6 Å². The fourth-order valence-corrected chi connectivity index (χ4v) is 2.77. The molecular weight excluding hydrogens is 337 g/mol. The lowest BCUT2D eigenvalue weighted by Gasteiger charge is -2.29. The molecule has 1 fully saturated rings. The second-order valence-corrected chi connectivity index (χ2v) is 6.11. The van der Waals surface area contributed by atoms with Gasteiger partial charge in [0.05, 0.1) is 31.6 Å². The van der Waals surface area contributed by atoms with E-state index in [4.69, 9.17) is 4.52 Å². The molecule has 1 amide bonds. The lowest BCUT2D eigenvalue weighted by atomic mass is 10.1. The van der Waals surface area contributed by atoms with E-state index >= 15 is 0 Å². The van der Waals surface area contributed by atoms with Crippen LogP contribution in [0.4, 0.5) is 13.2 Å². The highest BCUT2D eigenvalue weighted by atomic mass is 19.4. The first-order valence-corrected chi connectivity index (χ1v) is 7.94. The maximum absolute atomic E-state index is 12.8. The zero-order chi connectivity index (χ0) is 18.0. The van der Waals surface area contributed by atoms with Gasteiger partial charge in [-0.15, -0.1) is 0 Å². The van der Waals surface area contributed by atoms with E-state index in [1.54, 1.807) is 4.90 Å². The Hall–Kier alpha value is -2.42. The first kappa shape index (κ1) is 17.4. The molecule has 1 atom stereocenters. The molecule has 134 valence electrons. The molecule has 2 heterocycles. The average molecular weight is 355 g/mol. The van der Waals surface area contributed by atoms with Crippen molar-refractivity contribution in [2.24, 2.45) is 0 Å². The summed E-state index contributed by atoms with van der Waals surface area (Å²) in [5.41, 5.74) is -0.624. The van der Waals surface area contributed by atoms with Gasteiger partial charge in [0.15, 0.2) is 5.82 Å². The Morgan fingerprint density at radius 3 is 2.96 bits per heavy atom. The van der Waals surface area contributed by atoms with Gasteiger partial charge in [-0.05, 0) is 25.1 Å². The summed E-state index contributed by atoms with van der Waals surface area (Å²) < 4.78 is 43.4. The number of nitrogens with two attached hydrogens (primary N) is 1. The molecule has 2 aromatic rings. The Morgan fingerprint density at radius 2 is 2.24 bits per heavy atom. The van der Waals surface area contributed by atoms with Crippen LogP contribution in [0.2, 0.25) is 0 Å². The minimum Gasteiger partial charge on any atom is -0.341 e. The Balaban J connectivity index is 1.71. The SMILES string of the molecule is C[C@@H]1CN(C(=O)Cc2noc(-c3cccc(C(F)(F)F)c3)n2)CC[NH2+]1. The van der Waals surface area contributed by atoms with Gasteiger partial charge in [0.2, 0.25) is 5.91 Å². The molecule has 2 N–H and O–H groups in total. The number of halogens is 3. The largest absolute Gasteiger partial charge is 0.416 e. The maximum Gasteiger partial charge on any atom is 0.416 e. The number of alkyl halides is 3. The molecule has 0 aliphatic carbocycles. The number of amides is 1. The minimum absolute atomic E-state index is 0.0326. The highest BCUT2D eigenvalue weighted by molar-refractivity contribution is 5.78. The summed E-state index contributed by atoms with van der Waals surface area (Å²) in [5.74, 6) is 0.0187. The second-order valence-electron chi connectivity index (χ2n) is 6.11. The molecule has 0 spiro atoms. The summed E-state index contributed by atoms with van der Waals surface area (Å²) in [6, 6.07) is 4.98. The van der Waals surface area contributed by atoms with Gasteiger partial charge in [-0.1, -0.05) is 11.2 Å². The first-order valence-electron chi connectivity index (χ1n) is 7.94. The third-order valence-electron chi connectivity index (χ3n) is 4.04. The number of aromatic nitrogens is 2. The summed E-state index contributed by atoms with van der Waals surface area (Å²) in [6.45, 7) is 4.19. The number of hydrogen-bond acceptors (Lipinski definition) is 4. The van der Waals surface area contributed by atoms with Crippen LogP contribution < -0.4 is 5.32 Å². The van der Waals surface area contributed by atoms with Crippen molar-refractivity contribution in [3.8, 4) is 11.5 Å². The van der Waals surface area contributed by atoms with Crippen LogP contribution in [0.3, 0.4) is 0 Å². The van der Waals surface area contributed by atoms with Crippen molar-refractivity contribution < 1.29 is 27.8 Å². The molecule has 3 rings (SSSR count). The first-order chi connectivity index (χ1) is 11.8. The van der Waals surface area contributed by atoms with E-state index in [0.29, 0.717) is 19.1 Å². The van der Waals surface area contributed by atoms with Gasteiger partial charge < -0.3 is 14.7 Å². The van der Waals surface area contributed by atoms with Gasteiger partial charge in [0.1, 0.15) is 6.04 Å². The zero-order valence-electron chi connectivity index (χ0n) is 13.6. The molecule has 0 unspecified atom stereocenters. The number of nitrogens with zero attached hydrogens (tertiary/aromatic N) is 3. The van der Waals surface area contributed by atoms with Crippen LogP contribution in [-0.2, 0) is 17.4 Å². The van der Waals surface area contributed by atoms with Crippen molar-refractivity contribution in [1.29, 1.82) is 0 Å². The molecule has 0 radical (unpaired) electrons. The normalized spacial score (nSPS) is 18.4. The smallest absolute Gasteiger partial charge is 0.341 e. The third kappa shape index (κ3) is 4.16. The molecule has 0 saturated carbocycles. The summed E-state index contributed by atoms with van der Waals surface area (Å²) in [6.07, 6.45) is -4.48. The van der Waals surface area contributed by atoms with E-state index in [1.807, 2.05) is 6.92 Å². The maximum atomic E-state index is 12.8. The number of carbonyl (C=O) groups excluding carboxylic acids is 1. The molecule has 0 bridgehead atoms. The van der Waals surface area contributed by atoms with Crippen molar-refractivity contribution in [1.82, 2.24) is 15.0 Å². The van der Waals surface area contributed by atoms with Crippen LogP contribution in [-0.4, -0.2) is 46.6 Å². The number of rotatable bonds is 3.